The van der Waals surface area contributed by atoms with E-state index in [1.54, 1.807) is 11.8 Å². The second kappa shape index (κ2) is 6.64. The summed E-state index contributed by atoms with van der Waals surface area (Å²) in [5.74, 6) is 0.00679. The van der Waals surface area contributed by atoms with Gasteiger partial charge in [-0.05, 0) is 44.0 Å². The molecular weight excluding hydrogens is 296 g/mol. The molecule has 6 nitrogen and oxygen atoms in total. The fraction of sp³-hybridized carbons (Fsp3) is 0.353. The van der Waals surface area contributed by atoms with Gasteiger partial charge < -0.3 is 14.1 Å². The van der Waals surface area contributed by atoms with Crippen LogP contribution in [0, 0.1) is 0 Å². The van der Waals surface area contributed by atoms with Crippen LogP contribution in [0.25, 0.3) is 11.5 Å². The standard InChI is InChI=1S/C17H18N2O4/c1-2-22-17(21)14-11-23-16(18-14)12-6-8-13(9-7-12)19-10-4-3-5-15(19)20/h6-9,11H,2-5,10H2,1H3. The molecule has 1 aromatic carbocycles. The third kappa shape index (κ3) is 3.26. The average molecular weight is 314 g/mol. The van der Waals surface area contributed by atoms with Gasteiger partial charge >= 0.3 is 5.97 Å². The Balaban J connectivity index is 1.77. The van der Waals surface area contributed by atoms with Gasteiger partial charge in [-0.2, -0.15) is 0 Å². The van der Waals surface area contributed by atoms with Crippen LogP contribution in [0.5, 0.6) is 0 Å². The van der Waals surface area contributed by atoms with E-state index >= 15 is 0 Å². The SMILES string of the molecule is CCOC(=O)c1coc(-c2ccc(N3CCCCC3=O)cc2)n1. The molecule has 0 saturated carbocycles. The zero-order valence-corrected chi connectivity index (χ0v) is 12.9. The lowest BCUT2D eigenvalue weighted by Crippen LogP contribution is -2.35. The van der Waals surface area contributed by atoms with E-state index in [0.29, 0.717) is 18.9 Å². The molecule has 2 heterocycles. The molecular formula is C17H18N2O4. The van der Waals surface area contributed by atoms with Crippen LogP contribution in [0.3, 0.4) is 0 Å². The summed E-state index contributed by atoms with van der Waals surface area (Å²) in [7, 11) is 0. The van der Waals surface area contributed by atoms with Crippen LogP contribution >= 0.6 is 0 Å². The molecule has 2 aromatic rings. The Morgan fingerprint density at radius 2 is 2.09 bits per heavy atom. The topological polar surface area (TPSA) is 72.6 Å². The smallest absolute Gasteiger partial charge is 0.360 e. The van der Waals surface area contributed by atoms with Crippen molar-refractivity contribution in [3.63, 3.8) is 0 Å². The number of ether oxygens (including phenoxy) is 1. The maximum Gasteiger partial charge on any atom is 0.360 e. The first-order valence-corrected chi connectivity index (χ1v) is 7.72. The van der Waals surface area contributed by atoms with Crippen molar-refractivity contribution in [3.8, 4) is 11.5 Å². The summed E-state index contributed by atoms with van der Waals surface area (Å²) in [5.41, 5.74) is 1.77. The van der Waals surface area contributed by atoms with Crippen LogP contribution in [0.1, 0.15) is 36.7 Å². The molecule has 0 radical (unpaired) electrons. The lowest BCUT2D eigenvalue weighted by Gasteiger charge is -2.26. The van der Waals surface area contributed by atoms with Crippen molar-refractivity contribution in [1.29, 1.82) is 0 Å². The van der Waals surface area contributed by atoms with E-state index in [0.717, 1.165) is 30.6 Å². The van der Waals surface area contributed by atoms with Crippen molar-refractivity contribution >= 4 is 17.6 Å². The van der Waals surface area contributed by atoms with Crippen LogP contribution in [0.15, 0.2) is 34.9 Å². The molecule has 6 heteroatoms. The Morgan fingerprint density at radius 3 is 2.78 bits per heavy atom. The van der Waals surface area contributed by atoms with E-state index in [4.69, 9.17) is 9.15 Å². The summed E-state index contributed by atoms with van der Waals surface area (Å²) in [6.07, 6.45) is 3.87. The van der Waals surface area contributed by atoms with E-state index in [9.17, 15) is 9.59 Å². The van der Waals surface area contributed by atoms with Crippen molar-refractivity contribution in [1.82, 2.24) is 4.98 Å². The van der Waals surface area contributed by atoms with Gasteiger partial charge in [-0.15, -0.1) is 0 Å². The third-order valence-corrected chi connectivity index (χ3v) is 3.74. The van der Waals surface area contributed by atoms with Crippen LogP contribution in [-0.2, 0) is 9.53 Å². The number of carbonyl (C=O) groups is 2. The largest absolute Gasteiger partial charge is 0.461 e. The summed E-state index contributed by atoms with van der Waals surface area (Å²) >= 11 is 0. The number of rotatable bonds is 4. The first kappa shape index (κ1) is 15.3. The number of amides is 1. The van der Waals surface area contributed by atoms with Gasteiger partial charge in [-0.3, -0.25) is 4.79 Å². The predicted octanol–water partition coefficient (Wildman–Crippen LogP) is 3.04. The van der Waals surface area contributed by atoms with Crippen LogP contribution in [-0.4, -0.2) is 30.0 Å². The minimum absolute atomic E-state index is 0.150. The Morgan fingerprint density at radius 1 is 1.30 bits per heavy atom. The molecule has 1 fully saturated rings. The van der Waals surface area contributed by atoms with E-state index < -0.39 is 5.97 Å². The average Bonchev–Trinajstić information content (AvgIpc) is 3.06. The molecule has 0 spiro atoms. The summed E-state index contributed by atoms with van der Waals surface area (Å²) in [4.78, 5) is 29.5. The minimum Gasteiger partial charge on any atom is -0.461 e. The zero-order chi connectivity index (χ0) is 16.2. The monoisotopic (exact) mass is 314 g/mol. The molecule has 1 aromatic heterocycles. The zero-order valence-electron chi connectivity index (χ0n) is 12.9. The molecule has 120 valence electrons. The van der Waals surface area contributed by atoms with Gasteiger partial charge in [0, 0.05) is 24.2 Å². The number of benzene rings is 1. The summed E-state index contributed by atoms with van der Waals surface area (Å²) in [6, 6.07) is 7.40. The highest BCUT2D eigenvalue weighted by Gasteiger charge is 2.20. The second-order valence-corrected chi connectivity index (χ2v) is 5.31. The number of esters is 1. The Kier molecular flexibility index (Phi) is 4.41. The molecule has 23 heavy (non-hydrogen) atoms. The Bertz CT molecular complexity index is 706. The van der Waals surface area contributed by atoms with Gasteiger partial charge in [-0.1, -0.05) is 0 Å². The number of hydrogen-bond donors (Lipinski definition) is 0. The van der Waals surface area contributed by atoms with Gasteiger partial charge in [0.05, 0.1) is 6.61 Å². The number of aromatic nitrogens is 1. The molecule has 1 aliphatic rings. The number of oxazole rings is 1. The first-order valence-electron chi connectivity index (χ1n) is 7.72. The van der Waals surface area contributed by atoms with E-state index in [1.165, 1.54) is 6.26 Å². The highest BCUT2D eigenvalue weighted by atomic mass is 16.5. The molecule has 0 N–H and O–H groups in total. The van der Waals surface area contributed by atoms with Crippen LogP contribution in [0.2, 0.25) is 0 Å². The first-order chi connectivity index (χ1) is 11.2. The summed E-state index contributed by atoms with van der Waals surface area (Å²) < 4.78 is 10.2. The molecule has 1 saturated heterocycles. The van der Waals surface area contributed by atoms with E-state index in [-0.39, 0.29) is 11.6 Å². The summed E-state index contributed by atoms with van der Waals surface area (Å²) in [5, 5.41) is 0. The van der Waals surface area contributed by atoms with Crippen molar-refractivity contribution < 1.29 is 18.7 Å². The fourth-order valence-corrected chi connectivity index (χ4v) is 2.57. The Labute approximate surface area is 134 Å². The molecule has 3 rings (SSSR count). The van der Waals surface area contributed by atoms with Crippen molar-refractivity contribution in [2.24, 2.45) is 0 Å². The minimum atomic E-state index is -0.502. The fourth-order valence-electron chi connectivity index (χ4n) is 2.57. The van der Waals surface area contributed by atoms with Gasteiger partial charge in [0.25, 0.3) is 0 Å². The third-order valence-electron chi connectivity index (χ3n) is 3.74. The van der Waals surface area contributed by atoms with Gasteiger partial charge in [0.15, 0.2) is 5.69 Å². The Hall–Kier alpha value is -2.63. The number of hydrogen-bond acceptors (Lipinski definition) is 5. The number of piperidine rings is 1. The normalized spacial score (nSPS) is 14.8. The molecule has 0 bridgehead atoms. The molecule has 0 atom stereocenters. The van der Waals surface area contributed by atoms with Gasteiger partial charge in [0.2, 0.25) is 11.8 Å². The summed E-state index contributed by atoms with van der Waals surface area (Å²) in [6.45, 7) is 2.78. The molecule has 0 aliphatic carbocycles. The second-order valence-electron chi connectivity index (χ2n) is 5.31. The van der Waals surface area contributed by atoms with Gasteiger partial charge in [-0.25, -0.2) is 9.78 Å². The van der Waals surface area contributed by atoms with E-state index in [2.05, 4.69) is 4.98 Å². The van der Waals surface area contributed by atoms with Gasteiger partial charge in [0.1, 0.15) is 6.26 Å². The number of nitrogens with zero attached hydrogens (tertiary/aromatic N) is 2. The lowest BCUT2D eigenvalue weighted by atomic mass is 10.1. The van der Waals surface area contributed by atoms with Crippen molar-refractivity contribution in [2.75, 3.05) is 18.1 Å². The molecule has 0 unspecified atom stereocenters. The van der Waals surface area contributed by atoms with Crippen LogP contribution in [0.4, 0.5) is 5.69 Å². The highest BCUT2D eigenvalue weighted by molar-refractivity contribution is 5.94. The van der Waals surface area contributed by atoms with Crippen molar-refractivity contribution in [3.05, 3.63) is 36.2 Å². The number of anilines is 1. The maximum absolute atomic E-state index is 11.9. The van der Waals surface area contributed by atoms with Crippen LogP contribution < -0.4 is 4.90 Å². The quantitative estimate of drug-likeness (QED) is 0.811. The van der Waals surface area contributed by atoms with E-state index in [1.807, 2.05) is 24.3 Å². The predicted molar refractivity (Wildman–Crippen MR) is 84.1 cm³/mol. The lowest BCUT2D eigenvalue weighted by molar-refractivity contribution is -0.119. The number of carbonyl (C=O) groups excluding carboxylic acids is 2. The molecule has 1 amide bonds. The maximum atomic E-state index is 11.9. The highest BCUT2D eigenvalue weighted by Crippen LogP contribution is 2.25. The molecule has 1 aliphatic heterocycles. The van der Waals surface area contributed by atoms with Crippen molar-refractivity contribution in [2.45, 2.75) is 26.2 Å².